The number of carbonyl (C=O) groups is 2. The molecule has 1 N–H and O–H groups in total. The summed E-state index contributed by atoms with van der Waals surface area (Å²) in [6.07, 6.45) is 0. The molecule has 1 amide bonds. The van der Waals surface area contributed by atoms with Crippen LogP contribution < -0.4 is 19.5 Å². The summed E-state index contributed by atoms with van der Waals surface area (Å²) in [5.74, 6) is 0.741. The Morgan fingerprint density at radius 2 is 1.45 bits per heavy atom. The van der Waals surface area contributed by atoms with E-state index in [2.05, 4.69) is 5.32 Å². The fraction of sp³-hybridized carbons (Fsp3) is 0.167. The van der Waals surface area contributed by atoms with Crippen LogP contribution in [0, 0.1) is 5.82 Å². The number of methoxy groups -OCH3 is 2. The summed E-state index contributed by atoms with van der Waals surface area (Å²) in [5, 5.41) is 2.77. The molecule has 0 bridgehead atoms. The molecule has 0 saturated heterocycles. The van der Waals surface area contributed by atoms with Crippen LogP contribution in [-0.4, -0.2) is 32.5 Å². The zero-order chi connectivity index (χ0) is 22.2. The standard InChI is InChI=1S/C24H22FNO5/c1-29-21-12-3-16(13-22(21)30-2)14-26-23(27)15-31-20-10-6-18(7-11-20)24(28)17-4-8-19(25)9-5-17/h3-13H,14-15H2,1-2H3,(H,26,27). The number of hydrogen-bond acceptors (Lipinski definition) is 5. The van der Waals surface area contributed by atoms with E-state index in [1.807, 2.05) is 6.07 Å². The molecule has 6 nitrogen and oxygen atoms in total. The van der Waals surface area contributed by atoms with Gasteiger partial charge in [0.15, 0.2) is 23.9 Å². The van der Waals surface area contributed by atoms with Crippen molar-refractivity contribution < 1.29 is 28.2 Å². The molecule has 0 spiro atoms. The van der Waals surface area contributed by atoms with E-state index in [0.29, 0.717) is 34.9 Å². The third-order valence-corrected chi connectivity index (χ3v) is 4.53. The fourth-order valence-corrected chi connectivity index (χ4v) is 2.86. The van der Waals surface area contributed by atoms with Gasteiger partial charge >= 0.3 is 0 Å². The van der Waals surface area contributed by atoms with Crippen molar-refractivity contribution in [1.82, 2.24) is 5.32 Å². The monoisotopic (exact) mass is 423 g/mol. The van der Waals surface area contributed by atoms with E-state index in [1.54, 1.807) is 50.6 Å². The average molecular weight is 423 g/mol. The number of nitrogens with one attached hydrogen (secondary N) is 1. The number of rotatable bonds is 9. The van der Waals surface area contributed by atoms with Gasteiger partial charge in [0.2, 0.25) is 0 Å². The van der Waals surface area contributed by atoms with Gasteiger partial charge < -0.3 is 19.5 Å². The summed E-state index contributed by atoms with van der Waals surface area (Å²) < 4.78 is 28.9. The van der Waals surface area contributed by atoms with E-state index in [1.165, 1.54) is 24.3 Å². The Morgan fingerprint density at radius 1 is 0.839 bits per heavy atom. The molecule has 160 valence electrons. The zero-order valence-corrected chi connectivity index (χ0v) is 17.2. The molecule has 0 radical (unpaired) electrons. The van der Waals surface area contributed by atoms with Crippen LogP contribution in [-0.2, 0) is 11.3 Å². The Balaban J connectivity index is 1.50. The van der Waals surface area contributed by atoms with Crippen LogP contribution in [0.4, 0.5) is 4.39 Å². The highest BCUT2D eigenvalue weighted by Crippen LogP contribution is 2.27. The molecule has 0 unspecified atom stereocenters. The number of halogens is 1. The number of ether oxygens (including phenoxy) is 3. The quantitative estimate of drug-likeness (QED) is 0.531. The molecule has 0 aromatic heterocycles. The third-order valence-electron chi connectivity index (χ3n) is 4.53. The molecule has 0 fully saturated rings. The lowest BCUT2D eigenvalue weighted by atomic mass is 10.0. The molecule has 0 aliphatic heterocycles. The Morgan fingerprint density at radius 3 is 2.06 bits per heavy atom. The lowest BCUT2D eigenvalue weighted by Crippen LogP contribution is -2.28. The maximum Gasteiger partial charge on any atom is 0.258 e. The van der Waals surface area contributed by atoms with Gasteiger partial charge in [-0.3, -0.25) is 9.59 Å². The zero-order valence-electron chi connectivity index (χ0n) is 17.2. The molecule has 0 heterocycles. The molecular weight excluding hydrogens is 401 g/mol. The summed E-state index contributed by atoms with van der Waals surface area (Å²) in [6.45, 7) is 0.145. The van der Waals surface area contributed by atoms with Crippen molar-refractivity contribution in [3.05, 3.63) is 89.2 Å². The van der Waals surface area contributed by atoms with Crippen LogP contribution in [0.5, 0.6) is 17.2 Å². The molecule has 0 atom stereocenters. The number of amides is 1. The van der Waals surface area contributed by atoms with Crippen molar-refractivity contribution in [2.24, 2.45) is 0 Å². The predicted molar refractivity (Wildman–Crippen MR) is 113 cm³/mol. The van der Waals surface area contributed by atoms with Crippen LogP contribution in [0.1, 0.15) is 21.5 Å². The van der Waals surface area contributed by atoms with E-state index in [9.17, 15) is 14.0 Å². The Bertz CT molecular complexity index is 1050. The molecule has 3 rings (SSSR count). The van der Waals surface area contributed by atoms with Gasteiger partial charge in [-0.15, -0.1) is 0 Å². The normalized spacial score (nSPS) is 10.3. The van der Waals surface area contributed by atoms with Crippen molar-refractivity contribution in [1.29, 1.82) is 0 Å². The molecule has 0 aliphatic carbocycles. The largest absolute Gasteiger partial charge is 0.493 e. The Labute approximate surface area is 179 Å². The van der Waals surface area contributed by atoms with Gasteiger partial charge in [-0.1, -0.05) is 6.07 Å². The molecule has 3 aromatic rings. The first-order valence-electron chi connectivity index (χ1n) is 9.51. The molecular formula is C24H22FNO5. The van der Waals surface area contributed by atoms with Crippen LogP contribution in [0.2, 0.25) is 0 Å². The third kappa shape index (κ3) is 5.82. The molecule has 0 aliphatic rings. The van der Waals surface area contributed by atoms with Crippen LogP contribution in [0.15, 0.2) is 66.7 Å². The first kappa shape index (κ1) is 21.8. The van der Waals surface area contributed by atoms with E-state index >= 15 is 0 Å². The van der Waals surface area contributed by atoms with E-state index in [-0.39, 0.29) is 18.3 Å². The second-order valence-corrected chi connectivity index (χ2v) is 6.62. The summed E-state index contributed by atoms with van der Waals surface area (Å²) >= 11 is 0. The average Bonchev–Trinajstić information content (AvgIpc) is 2.81. The number of hydrogen-bond donors (Lipinski definition) is 1. The fourth-order valence-electron chi connectivity index (χ4n) is 2.86. The van der Waals surface area contributed by atoms with Gasteiger partial charge in [-0.25, -0.2) is 4.39 Å². The highest BCUT2D eigenvalue weighted by molar-refractivity contribution is 6.09. The molecule has 0 saturated carbocycles. The van der Waals surface area contributed by atoms with Crippen molar-refractivity contribution in [3.8, 4) is 17.2 Å². The van der Waals surface area contributed by atoms with E-state index < -0.39 is 5.82 Å². The minimum Gasteiger partial charge on any atom is -0.493 e. The van der Waals surface area contributed by atoms with Crippen molar-refractivity contribution in [3.63, 3.8) is 0 Å². The predicted octanol–water partition coefficient (Wildman–Crippen LogP) is 3.77. The van der Waals surface area contributed by atoms with Gasteiger partial charge in [0.25, 0.3) is 5.91 Å². The number of benzene rings is 3. The minimum atomic E-state index is -0.398. The second-order valence-electron chi connectivity index (χ2n) is 6.62. The topological polar surface area (TPSA) is 73.9 Å². The van der Waals surface area contributed by atoms with Gasteiger partial charge in [0, 0.05) is 17.7 Å². The lowest BCUT2D eigenvalue weighted by Gasteiger charge is -2.11. The smallest absolute Gasteiger partial charge is 0.258 e. The lowest BCUT2D eigenvalue weighted by molar-refractivity contribution is -0.123. The number of carbonyl (C=O) groups excluding carboxylic acids is 2. The Hall–Kier alpha value is -3.87. The van der Waals surface area contributed by atoms with Crippen molar-refractivity contribution in [2.45, 2.75) is 6.54 Å². The minimum absolute atomic E-state index is 0.168. The maximum atomic E-state index is 13.0. The van der Waals surface area contributed by atoms with Crippen molar-refractivity contribution in [2.75, 3.05) is 20.8 Å². The van der Waals surface area contributed by atoms with Gasteiger partial charge in [0.05, 0.1) is 14.2 Å². The van der Waals surface area contributed by atoms with Crippen LogP contribution >= 0.6 is 0 Å². The molecule has 31 heavy (non-hydrogen) atoms. The van der Waals surface area contributed by atoms with Gasteiger partial charge in [0.1, 0.15) is 11.6 Å². The van der Waals surface area contributed by atoms with E-state index in [4.69, 9.17) is 14.2 Å². The molecule has 3 aromatic carbocycles. The van der Waals surface area contributed by atoms with Crippen LogP contribution in [0.3, 0.4) is 0 Å². The SMILES string of the molecule is COc1ccc(CNC(=O)COc2ccc(C(=O)c3ccc(F)cc3)cc2)cc1OC. The molecule has 7 heteroatoms. The van der Waals surface area contributed by atoms with Crippen molar-refractivity contribution >= 4 is 11.7 Å². The summed E-state index contributed by atoms with van der Waals surface area (Å²) in [5.41, 5.74) is 1.69. The van der Waals surface area contributed by atoms with Gasteiger partial charge in [-0.05, 0) is 66.2 Å². The Kier molecular flexibility index (Phi) is 7.22. The first-order valence-corrected chi connectivity index (χ1v) is 9.51. The van der Waals surface area contributed by atoms with Gasteiger partial charge in [-0.2, -0.15) is 0 Å². The first-order chi connectivity index (χ1) is 15.0. The van der Waals surface area contributed by atoms with Crippen LogP contribution in [0.25, 0.3) is 0 Å². The highest BCUT2D eigenvalue weighted by Gasteiger charge is 2.10. The summed E-state index contributed by atoms with van der Waals surface area (Å²) in [4.78, 5) is 24.5. The highest BCUT2D eigenvalue weighted by atomic mass is 19.1. The van der Waals surface area contributed by atoms with E-state index in [0.717, 1.165) is 5.56 Å². The number of ketones is 1. The second kappa shape index (κ2) is 10.2. The summed E-state index contributed by atoms with van der Waals surface area (Å²) in [6, 6.07) is 17.2. The summed E-state index contributed by atoms with van der Waals surface area (Å²) in [7, 11) is 3.11. The maximum absolute atomic E-state index is 13.0.